The van der Waals surface area contributed by atoms with E-state index < -0.39 is 28.5 Å². The zero-order chi connectivity index (χ0) is 26.3. The van der Waals surface area contributed by atoms with Gasteiger partial charge in [-0.15, -0.1) is 0 Å². The number of sulfonamides is 1. The molecule has 0 radical (unpaired) electrons. The van der Waals surface area contributed by atoms with Crippen LogP contribution in [0.15, 0.2) is 83.8 Å². The number of benzene rings is 3. The van der Waals surface area contributed by atoms with Gasteiger partial charge in [0.05, 0.1) is 10.6 Å². The molecule has 0 saturated carbocycles. The van der Waals surface area contributed by atoms with E-state index in [1.165, 1.54) is 24.1 Å². The molecule has 1 unspecified atom stereocenters. The molecule has 7 nitrogen and oxygen atoms in total. The molecule has 1 atom stereocenters. The first-order valence-corrected chi connectivity index (χ1v) is 13.3. The first kappa shape index (κ1) is 26.9. The van der Waals surface area contributed by atoms with Crippen LogP contribution in [-0.2, 0) is 26.2 Å². The van der Waals surface area contributed by atoms with Gasteiger partial charge in [-0.3, -0.25) is 13.9 Å². The van der Waals surface area contributed by atoms with E-state index in [2.05, 4.69) is 5.32 Å². The van der Waals surface area contributed by atoms with Crippen LogP contribution in [0.3, 0.4) is 0 Å². The van der Waals surface area contributed by atoms with Crippen molar-refractivity contribution in [1.82, 2.24) is 10.2 Å². The van der Waals surface area contributed by atoms with Crippen LogP contribution < -0.4 is 9.62 Å². The summed E-state index contributed by atoms with van der Waals surface area (Å²) < 4.78 is 28.6. The van der Waals surface area contributed by atoms with Crippen molar-refractivity contribution in [2.24, 2.45) is 0 Å². The monoisotopic (exact) mass is 507 g/mol. The first-order chi connectivity index (χ1) is 17.2. The minimum atomic E-state index is -4.06. The second-order valence-electron chi connectivity index (χ2n) is 8.66. The summed E-state index contributed by atoms with van der Waals surface area (Å²) in [6.07, 6.45) is 0.382. The zero-order valence-corrected chi connectivity index (χ0v) is 22.0. The molecule has 0 aliphatic carbocycles. The highest BCUT2D eigenvalue weighted by atomic mass is 32.2. The van der Waals surface area contributed by atoms with E-state index >= 15 is 0 Å². The normalized spacial score (nSPS) is 12.0. The second-order valence-corrected chi connectivity index (χ2v) is 10.5. The van der Waals surface area contributed by atoms with Crippen LogP contribution in [0.2, 0.25) is 0 Å². The lowest BCUT2D eigenvalue weighted by atomic mass is 10.1. The van der Waals surface area contributed by atoms with Gasteiger partial charge in [0.1, 0.15) is 12.6 Å². The topological polar surface area (TPSA) is 86.8 Å². The molecule has 0 aliphatic heterocycles. The summed E-state index contributed by atoms with van der Waals surface area (Å²) >= 11 is 0. The van der Waals surface area contributed by atoms with E-state index in [1.54, 1.807) is 43.3 Å². The Labute approximate surface area is 213 Å². The van der Waals surface area contributed by atoms with Gasteiger partial charge in [0.2, 0.25) is 11.8 Å². The number of hydrogen-bond donors (Lipinski definition) is 1. The summed E-state index contributed by atoms with van der Waals surface area (Å²) in [6.45, 7) is 5.34. The minimum absolute atomic E-state index is 0.0875. The highest BCUT2D eigenvalue weighted by Gasteiger charge is 2.33. The van der Waals surface area contributed by atoms with E-state index in [9.17, 15) is 18.0 Å². The van der Waals surface area contributed by atoms with Gasteiger partial charge in [-0.25, -0.2) is 8.42 Å². The summed E-state index contributed by atoms with van der Waals surface area (Å²) in [5.41, 5.74) is 3.06. The molecule has 0 aliphatic rings. The number of rotatable bonds is 10. The van der Waals surface area contributed by atoms with Crippen molar-refractivity contribution in [3.63, 3.8) is 0 Å². The standard InChI is InChI=1S/C28H33N3O4S/c1-5-25(28(33)29-4)30(19-23-17-15-21(2)16-18-23)27(32)20-31(26-14-10-9-11-22(26)3)36(34,35)24-12-7-6-8-13-24/h6-18,25H,5,19-20H2,1-4H3,(H,29,33). The molecule has 190 valence electrons. The van der Waals surface area contributed by atoms with Crippen LogP contribution in [0.5, 0.6) is 0 Å². The number of amides is 2. The summed E-state index contributed by atoms with van der Waals surface area (Å²) in [7, 11) is -2.53. The lowest BCUT2D eigenvalue weighted by molar-refractivity contribution is -0.140. The molecule has 36 heavy (non-hydrogen) atoms. The number of likely N-dealkylation sites (N-methyl/N-ethyl adjacent to an activating group) is 1. The largest absolute Gasteiger partial charge is 0.357 e. The molecule has 2 amide bonds. The molecule has 3 aromatic rings. The minimum Gasteiger partial charge on any atom is -0.357 e. The maximum Gasteiger partial charge on any atom is 0.264 e. The number of carbonyl (C=O) groups excluding carboxylic acids is 2. The molecule has 0 saturated heterocycles. The maximum atomic E-state index is 13.8. The Morgan fingerprint density at radius 2 is 1.50 bits per heavy atom. The lowest BCUT2D eigenvalue weighted by Crippen LogP contribution is -2.51. The van der Waals surface area contributed by atoms with E-state index in [4.69, 9.17) is 0 Å². The van der Waals surface area contributed by atoms with Gasteiger partial charge in [-0.1, -0.05) is 73.2 Å². The number of nitrogens with one attached hydrogen (secondary N) is 1. The predicted octanol–water partition coefficient (Wildman–Crippen LogP) is 4.05. The third-order valence-corrected chi connectivity index (χ3v) is 7.87. The van der Waals surface area contributed by atoms with Gasteiger partial charge in [0.15, 0.2) is 0 Å². The van der Waals surface area contributed by atoms with Crippen LogP contribution in [0.25, 0.3) is 0 Å². The van der Waals surface area contributed by atoms with E-state index in [0.29, 0.717) is 17.7 Å². The Hall–Kier alpha value is -3.65. The SMILES string of the molecule is CCC(C(=O)NC)N(Cc1ccc(C)cc1)C(=O)CN(c1ccccc1C)S(=O)(=O)c1ccccc1. The first-order valence-electron chi connectivity index (χ1n) is 11.9. The average Bonchev–Trinajstić information content (AvgIpc) is 2.89. The van der Waals surface area contributed by atoms with Crippen LogP contribution in [0.4, 0.5) is 5.69 Å². The van der Waals surface area contributed by atoms with Crippen LogP contribution >= 0.6 is 0 Å². The van der Waals surface area contributed by atoms with Crippen molar-refractivity contribution in [2.75, 3.05) is 17.9 Å². The highest BCUT2D eigenvalue weighted by Crippen LogP contribution is 2.27. The molecule has 3 rings (SSSR count). The Kier molecular flexibility index (Phi) is 8.88. The molecule has 1 N–H and O–H groups in total. The van der Waals surface area contributed by atoms with Crippen molar-refractivity contribution >= 4 is 27.5 Å². The lowest BCUT2D eigenvalue weighted by Gasteiger charge is -2.33. The van der Waals surface area contributed by atoms with Crippen LogP contribution in [0.1, 0.15) is 30.0 Å². The fourth-order valence-corrected chi connectivity index (χ4v) is 5.55. The summed E-state index contributed by atoms with van der Waals surface area (Å²) in [5, 5.41) is 2.63. The Morgan fingerprint density at radius 1 is 0.889 bits per heavy atom. The molecule has 0 aromatic heterocycles. The van der Waals surface area contributed by atoms with Crippen LogP contribution in [0, 0.1) is 13.8 Å². The molecule has 0 heterocycles. The maximum absolute atomic E-state index is 13.8. The number of para-hydroxylation sites is 1. The van der Waals surface area contributed by atoms with E-state index in [0.717, 1.165) is 15.4 Å². The second kappa shape index (κ2) is 11.9. The van der Waals surface area contributed by atoms with Gasteiger partial charge in [0, 0.05) is 13.6 Å². The average molecular weight is 508 g/mol. The third-order valence-electron chi connectivity index (χ3n) is 6.10. The predicted molar refractivity (Wildman–Crippen MR) is 142 cm³/mol. The molecule has 0 fully saturated rings. The van der Waals surface area contributed by atoms with Crippen molar-refractivity contribution in [2.45, 2.75) is 44.7 Å². The smallest absolute Gasteiger partial charge is 0.264 e. The Morgan fingerprint density at radius 3 is 2.08 bits per heavy atom. The molecule has 0 spiro atoms. The van der Waals surface area contributed by atoms with Crippen molar-refractivity contribution in [3.05, 3.63) is 95.6 Å². The van der Waals surface area contributed by atoms with E-state index in [1.807, 2.05) is 44.2 Å². The zero-order valence-electron chi connectivity index (χ0n) is 21.1. The quantitative estimate of drug-likeness (QED) is 0.449. The van der Waals surface area contributed by atoms with Gasteiger partial charge in [0.25, 0.3) is 10.0 Å². The number of carbonyl (C=O) groups is 2. The third kappa shape index (κ3) is 6.12. The molecule has 8 heteroatoms. The number of nitrogens with zero attached hydrogens (tertiary/aromatic N) is 2. The summed E-state index contributed by atoms with van der Waals surface area (Å²) in [5.74, 6) is -0.764. The van der Waals surface area contributed by atoms with Gasteiger partial charge >= 0.3 is 0 Å². The fraction of sp³-hybridized carbons (Fsp3) is 0.286. The van der Waals surface area contributed by atoms with Gasteiger partial charge in [-0.05, 0) is 49.6 Å². The van der Waals surface area contributed by atoms with E-state index in [-0.39, 0.29) is 17.3 Å². The summed E-state index contributed by atoms with van der Waals surface area (Å²) in [6, 6.07) is 22.0. The molecular formula is C28H33N3O4S. The van der Waals surface area contributed by atoms with Crippen molar-refractivity contribution < 1.29 is 18.0 Å². The fourth-order valence-electron chi connectivity index (χ4n) is 4.05. The van der Waals surface area contributed by atoms with Crippen LogP contribution in [-0.4, -0.2) is 44.8 Å². The Bertz CT molecular complexity index is 1290. The van der Waals surface area contributed by atoms with Gasteiger partial charge in [-0.2, -0.15) is 0 Å². The summed E-state index contributed by atoms with van der Waals surface area (Å²) in [4.78, 5) is 28.1. The molecular weight excluding hydrogens is 474 g/mol. The van der Waals surface area contributed by atoms with Crippen molar-refractivity contribution in [1.29, 1.82) is 0 Å². The highest BCUT2D eigenvalue weighted by molar-refractivity contribution is 7.92. The Balaban J connectivity index is 2.05. The number of aryl methyl sites for hydroxylation is 2. The number of hydrogen-bond acceptors (Lipinski definition) is 4. The molecule has 0 bridgehead atoms. The molecule has 3 aromatic carbocycles. The van der Waals surface area contributed by atoms with Crippen molar-refractivity contribution in [3.8, 4) is 0 Å². The number of anilines is 1. The van der Waals surface area contributed by atoms with Gasteiger partial charge < -0.3 is 10.2 Å².